The van der Waals surface area contributed by atoms with Gasteiger partial charge in [-0.3, -0.25) is 9.59 Å². The number of benzene rings is 6. The number of amidine groups is 1. The number of hydrogen-bond donors (Lipinski definition) is 6. The van der Waals surface area contributed by atoms with Crippen molar-refractivity contribution in [2.45, 2.75) is 25.4 Å². The Labute approximate surface area is 451 Å². The summed E-state index contributed by atoms with van der Waals surface area (Å²) in [5, 5.41) is 18.8. The average molecular weight is 1290 g/mol. The summed E-state index contributed by atoms with van der Waals surface area (Å²) >= 11 is 37.1. The maximum atomic E-state index is 13.0. The first-order chi connectivity index (χ1) is 31.4. The first-order valence-electron chi connectivity index (χ1n) is 18.7. The van der Waals surface area contributed by atoms with Crippen LogP contribution in [-0.2, 0) is 25.4 Å². The van der Waals surface area contributed by atoms with Gasteiger partial charge in [-0.15, -0.1) is 40.2 Å². The third-order valence-corrected chi connectivity index (χ3v) is 11.7. The number of alkyl halides is 2. The number of thiocarbonyl (C=S) groups is 1. The zero-order chi connectivity index (χ0) is 48.8. The Bertz CT molecular complexity index is 2610. The molecule has 0 heterocycles. The average Bonchev–Trinajstić information content (AvgIpc) is 3.28. The van der Waals surface area contributed by atoms with Gasteiger partial charge >= 0.3 is 0 Å². The number of nitrogens with one attached hydrogen (secondary N) is 3. The van der Waals surface area contributed by atoms with Gasteiger partial charge < -0.3 is 32.5 Å². The SMILES string of the molecule is Br.ClCCl.NC(=Nc1ccc(Br)c(Cl)c1)SCc1cc(Br)ccc1C(=O)NCc1ccc(F)cc1.NC(=S)Nc1ccc(F)c(Cl)c1.O=C(NCc1ccc(F)cc1)c1ccc(Br)cc1CO. The number of nitrogens with zero attached hydrogens (tertiary/aromatic N) is 1. The summed E-state index contributed by atoms with van der Waals surface area (Å²) in [6.45, 7) is 0.397. The Morgan fingerprint density at radius 2 is 1.18 bits per heavy atom. The zero-order valence-corrected chi connectivity index (χ0v) is 45.6. The van der Waals surface area contributed by atoms with Gasteiger partial charge in [-0.1, -0.05) is 91.1 Å². The molecule has 0 atom stereocenters. The number of anilines is 1. The van der Waals surface area contributed by atoms with Crippen LogP contribution in [0.4, 0.5) is 24.5 Å². The summed E-state index contributed by atoms with van der Waals surface area (Å²) in [5.41, 5.74) is 16.4. The van der Waals surface area contributed by atoms with Crippen LogP contribution in [0.25, 0.3) is 0 Å². The molecular formula is C45H39Br4Cl4F3N6O3S2. The standard InChI is InChI=1S/C22H17Br2ClFN3OS.C15H13BrFNO2.C7H6ClFN2S.CH2Cl2.BrH/c23-15-3-7-18(21(30)28-11-13-1-4-16(26)5-2-13)14(9-15)12-31-22(27)29-17-6-8-19(24)20(25)10-17;16-12-3-6-14(11(7-12)9-19)15(20)18-8-10-1-4-13(17)5-2-10;8-5-3-4(11-7(10)12)1-2-6(5)9;2-1-3;/h1-10H,11-12H2,(H2,27,29)(H,28,30);1-7,19H,8-9H2,(H,18,20);1-3H,(H3,10,11,12);1H2;1H. The summed E-state index contributed by atoms with van der Waals surface area (Å²) < 4.78 is 40.9. The van der Waals surface area contributed by atoms with Crippen molar-refractivity contribution in [1.82, 2.24) is 10.6 Å². The molecule has 8 N–H and O–H groups in total. The molecule has 0 radical (unpaired) electrons. The Morgan fingerprint density at radius 1 is 0.687 bits per heavy atom. The lowest BCUT2D eigenvalue weighted by Crippen LogP contribution is -2.24. The molecule has 9 nitrogen and oxygen atoms in total. The minimum absolute atomic E-state index is 0. The molecule has 0 aliphatic heterocycles. The van der Waals surface area contributed by atoms with Gasteiger partial charge in [0.15, 0.2) is 10.3 Å². The molecule has 6 aromatic rings. The predicted molar refractivity (Wildman–Crippen MR) is 290 cm³/mol. The fraction of sp³-hybridized carbons (Fsp3) is 0.111. The van der Waals surface area contributed by atoms with E-state index in [-0.39, 0.29) is 62.5 Å². The van der Waals surface area contributed by atoms with Crippen molar-refractivity contribution >= 4 is 169 Å². The fourth-order valence-electron chi connectivity index (χ4n) is 5.16. The number of hydrogen-bond acceptors (Lipinski definition) is 6. The largest absolute Gasteiger partial charge is 0.392 e. The third kappa shape index (κ3) is 22.3. The third-order valence-electron chi connectivity index (χ3n) is 8.23. The number of carbonyl (C=O) groups excluding carboxylic acids is 2. The molecule has 0 aliphatic rings. The normalized spacial score (nSPS) is 10.3. The highest BCUT2D eigenvalue weighted by molar-refractivity contribution is 9.11. The maximum Gasteiger partial charge on any atom is 0.251 e. The Balaban J connectivity index is 0.000000366. The molecule has 0 saturated heterocycles. The van der Waals surface area contributed by atoms with Crippen LogP contribution in [0.1, 0.15) is 43.0 Å². The number of nitrogens with two attached hydrogens (primary N) is 2. The topological polar surface area (TPSA) is 155 Å². The van der Waals surface area contributed by atoms with E-state index in [9.17, 15) is 27.9 Å². The molecule has 6 rings (SSSR count). The van der Waals surface area contributed by atoms with Crippen LogP contribution in [0.3, 0.4) is 0 Å². The summed E-state index contributed by atoms with van der Waals surface area (Å²) in [6, 6.07) is 31.9. The van der Waals surface area contributed by atoms with E-state index in [1.54, 1.807) is 66.7 Å². The number of aliphatic hydroxyl groups excluding tert-OH is 1. The van der Waals surface area contributed by atoms with Gasteiger partial charge in [-0.25, -0.2) is 18.2 Å². The van der Waals surface area contributed by atoms with E-state index in [0.717, 1.165) is 30.1 Å². The number of halogens is 11. The second-order valence-corrected chi connectivity index (χ2v) is 18.7. The van der Waals surface area contributed by atoms with E-state index in [4.69, 9.17) is 57.9 Å². The number of thioether (sulfide) groups is 1. The van der Waals surface area contributed by atoms with Gasteiger partial charge in [-0.05, 0) is 147 Å². The molecule has 0 bridgehead atoms. The van der Waals surface area contributed by atoms with Crippen molar-refractivity contribution in [2.24, 2.45) is 16.5 Å². The van der Waals surface area contributed by atoms with Crippen LogP contribution in [0.5, 0.6) is 0 Å². The molecule has 67 heavy (non-hydrogen) atoms. The van der Waals surface area contributed by atoms with Crippen molar-refractivity contribution in [2.75, 3.05) is 10.7 Å². The molecule has 0 aromatic heterocycles. The summed E-state index contributed by atoms with van der Waals surface area (Å²) in [6.07, 6.45) is 0. The maximum absolute atomic E-state index is 13.0. The molecule has 0 fully saturated rings. The quantitative estimate of drug-likeness (QED) is 0.0324. The number of aliphatic imine (C=N–C) groups is 1. The van der Waals surface area contributed by atoms with Crippen LogP contribution in [-0.4, -0.2) is 32.5 Å². The monoisotopic (exact) mass is 1290 g/mol. The second-order valence-electron chi connectivity index (χ2n) is 12.9. The molecule has 2 amide bonds. The molecule has 356 valence electrons. The van der Waals surface area contributed by atoms with Crippen LogP contribution in [0.2, 0.25) is 10.0 Å². The Kier molecular flexibility index (Phi) is 28.2. The number of amides is 2. The second kappa shape index (κ2) is 31.7. The lowest BCUT2D eigenvalue weighted by molar-refractivity contribution is 0.0941. The molecule has 22 heteroatoms. The van der Waals surface area contributed by atoms with Crippen LogP contribution in [0, 0.1) is 17.5 Å². The Morgan fingerprint density at radius 3 is 1.64 bits per heavy atom. The van der Waals surface area contributed by atoms with Gasteiger partial charge in [0.2, 0.25) is 0 Å². The molecule has 0 aliphatic carbocycles. The first kappa shape index (κ1) is 59.7. The van der Waals surface area contributed by atoms with Crippen LogP contribution < -0.4 is 27.4 Å². The lowest BCUT2D eigenvalue weighted by Gasteiger charge is -2.11. The summed E-state index contributed by atoms with van der Waals surface area (Å²) in [7, 11) is 0. The molecule has 6 aromatic carbocycles. The highest BCUT2D eigenvalue weighted by Gasteiger charge is 2.14. The van der Waals surface area contributed by atoms with Crippen molar-refractivity contribution in [3.8, 4) is 0 Å². The van der Waals surface area contributed by atoms with E-state index in [1.807, 2.05) is 12.1 Å². The molecule has 0 unspecified atom stereocenters. The fourth-order valence-corrected chi connectivity index (χ4v) is 7.41. The predicted octanol–water partition coefficient (Wildman–Crippen LogP) is 14.0. The molecule has 0 spiro atoms. The Hall–Kier alpha value is -3.40. The van der Waals surface area contributed by atoms with Gasteiger partial charge in [0.05, 0.1) is 27.7 Å². The lowest BCUT2D eigenvalue weighted by atomic mass is 10.1. The summed E-state index contributed by atoms with van der Waals surface area (Å²) in [5.74, 6) is -1.13. The van der Waals surface area contributed by atoms with Crippen LogP contribution >= 0.6 is 135 Å². The van der Waals surface area contributed by atoms with E-state index in [0.29, 0.717) is 57.1 Å². The first-order valence-corrected chi connectivity index (χ1v) is 24.3. The van der Waals surface area contributed by atoms with Crippen LogP contribution in [0.15, 0.2) is 140 Å². The van der Waals surface area contributed by atoms with E-state index in [2.05, 4.69) is 81.0 Å². The molecule has 0 saturated carbocycles. The highest BCUT2D eigenvalue weighted by Crippen LogP contribution is 2.28. The molecular weight excluding hydrogens is 1260 g/mol. The van der Waals surface area contributed by atoms with E-state index < -0.39 is 5.82 Å². The minimum Gasteiger partial charge on any atom is -0.392 e. The highest BCUT2D eigenvalue weighted by atomic mass is 79.9. The van der Waals surface area contributed by atoms with Gasteiger partial charge in [-0.2, -0.15) is 0 Å². The van der Waals surface area contributed by atoms with Crippen molar-refractivity contribution in [3.63, 3.8) is 0 Å². The van der Waals surface area contributed by atoms with E-state index in [1.165, 1.54) is 54.2 Å². The summed E-state index contributed by atoms with van der Waals surface area (Å²) in [4.78, 5) is 29.2. The van der Waals surface area contributed by atoms with Crippen molar-refractivity contribution in [1.29, 1.82) is 0 Å². The minimum atomic E-state index is -0.467. The number of rotatable bonds is 11. The van der Waals surface area contributed by atoms with Gasteiger partial charge in [0.1, 0.15) is 17.5 Å². The van der Waals surface area contributed by atoms with Crippen molar-refractivity contribution < 1.29 is 27.9 Å². The smallest absolute Gasteiger partial charge is 0.251 e. The van der Waals surface area contributed by atoms with E-state index >= 15 is 0 Å². The number of aliphatic hydroxyl groups is 1. The zero-order valence-electron chi connectivity index (χ0n) is 34.5. The van der Waals surface area contributed by atoms with Gasteiger partial charge in [0, 0.05) is 49.1 Å². The number of carbonyl (C=O) groups is 2. The van der Waals surface area contributed by atoms with Gasteiger partial charge in [0.25, 0.3) is 11.8 Å². The van der Waals surface area contributed by atoms with Crippen molar-refractivity contribution in [3.05, 3.63) is 196 Å².